The van der Waals surface area contributed by atoms with E-state index in [0.29, 0.717) is 0 Å². The van der Waals surface area contributed by atoms with Crippen molar-refractivity contribution in [2.45, 2.75) is 0 Å². The van der Waals surface area contributed by atoms with Crippen molar-refractivity contribution in [3.8, 4) is 0 Å². The molecule has 0 aromatic rings. The monoisotopic (exact) mass is 154 g/mol. The highest BCUT2D eigenvalue weighted by molar-refractivity contribution is 8.00. The fourth-order valence-corrected chi connectivity index (χ4v) is 1.95. The van der Waals surface area contributed by atoms with Gasteiger partial charge < -0.3 is 0 Å². The second-order valence-corrected chi connectivity index (χ2v) is 3.20. The third-order valence-corrected chi connectivity index (χ3v) is 2.87. The Hall–Kier alpha value is 0.670. The van der Waals surface area contributed by atoms with Gasteiger partial charge >= 0.3 is 0 Å². The molecule has 0 saturated carbocycles. The van der Waals surface area contributed by atoms with E-state index in [2.05, 4.69) is 0 Å². The zero-order valence-corrected chi connectivity index (χ0v) is 5.91. The fourth-order valence-electron chi connectivity index (χ4n) is 0.387. The van der Waals surface area contributed by atoms with Gasteiger partial charge in [0.25, 0.3) is 0 Å². The van der Waals surface area contributed by atoms with Crippen LogP contribution in [0.5, 0.6) is 0 Å². The third kappa shape index (κ3) is 1.28. The van der Waals surface area contributed by atoms with E-state index >= 15 is 0 Å². The highest BCUT2D eigenvalue weighted by Gasteiger charge is 2.08. The lowest BCUT2D eigenvalue weighted by Gasteiger charge is -1.80. The normalized spacial score (nSPS) is 21.4. The Bertz CT molecular complexity index is 96.3. The van der Waals surface area contributed by atoms with Crippen LogP contribution in [0.1, 0.15) is 0 Å². The molecule has 1 heterocycles. The van der Waals surface area contributed by atoms with Gasteiger partial charge in [-0.25, -0.2) is 0 Å². The van der Waals surface area contributed by atoms with Crippen LogP contribution in [0.4, 0.5) is 0 Å². The largest absolute Gasteiger partial charge is 0.150 e. The molecule has 7 heavy (non-hydrogen) atoms. The van der Waals surface area contributed by atoms with E-state index in [-0.39, 0.29) is 0 Å². The summed E-state index contributed by atoms with van der Waals surface area (Å²) in [5, 5.41) is 1.65. The minimum absolute atomic E-state index is 0.826. The third-order valence-electron chi connectivity index (χ3n) is 0.752. The van der Waals surface area contributed by atoms with E-state index in [4.69, 9.17) is 23.2 Å². The van der Waals surface area contributed by atoms with Gasteiger partial charge in [-0.15, -0.1) is 0 Å². The Balaban J connectivity index is 2.64. The molecule has 0 radical (unpaired) electrons. The summed E-state index contributed by atoms with van der Waals surface area (Å²) in [5.74, 6) is 1.81. The summed E-state index contributed by atoms with van der Waals surface area (Å²) in [6.45, 7) is 0. The molecule has 0 aliphatic carbocycles. The van der Waals surface area contributed by atoms with Crippen molar-refractivity contribution in [3.05, 3.63) is 10.1 Å². The lowest BCUT2D eigenvalue weighted by Crippen LogP contribution is -1.66. The maximum Gasteiger partial charge on any atom is 0.0433 e. The number of hydrogen-bond donors (Lipinski definition) is 0. The van der Waals surface area contributed by atoms with Crippen LogP contribution in [0, 0.1) is 0 Å². The van der Waals surface area contributed by atoms with Gasteiger partial charge in [0, 0.05) is 21.6 Å². The number of halogens is 2. The summed E-state index contributed by atoms with van der Waals surface area (Å²) in [7, 11) is 0. The Labute approximate surface area is 56.9 Å². The first-order chi connectivity index (χ1) is 3.30. The molecule has 1 aliphatic heterocycles. The molecular weight excluding hydrogens is 151 g/mol. The van der Waals surface area contributed by atoms with Crippen LogP contribution in [0.2, 0.25) is 0 Å². The molecule has 0 saturated heterocycles. The van der Waals surface area contributed by atoms with Gasteiger partial charge in [-0.05, 0) is 0 Å². The molecule has 0 atom stereocenters. The van der Waals surface area contributed by atoms with Crippen LogP contribution < -0.4 is 0 Å². The highest BCUT2D eigenvalue weighted by atomic mass is 35.5. The Morgan fingerprint density at radius 1 is 1.14 bits per heavy atom. The standard InChI is InChI=1S/C4H4Cl2S/c5-3-1-7-2-4(3)6/h1-2H2. The van der Waals surface area contributed by atoms with Crippen LogP contribution >= 0.6 is 35.0 Å². The molecule has 40 valence electrons. The number of rotatable bonds is 0. The molecule has 0 nitrogen and oxygen atoms in total. The van der Waals surface area contributed by atoms with Gasteiger partial charge in [0.15, 0.2) is 0 Å². The zero-order valence-electron chi connectivity index (χ0n) is 3.58. The maximum absolute atomic E-state index is 5.59. The van der Waals surface area contributed by atoms with Gasteiger partial charge in [-0.3, -0.25) is 0 Å². The van der Waals surface area contributed by atoms with Crippen molar-refractivity contribution in [2.75, 3.05) is 11.5 Å². The molecule has 0 fully saturated rings. The van der Waals surface area contributed by atoms with Crippen LogP contribution in [0.15, 0.2) is 10.1 Å². The first-order valence-electron chi connectivity index (χ1n) is 1.91. The van der Waals surface area contributed by atoms with Crippen LogP contribution in [-0.4, -0.2) is 11.5 Å². The average Bonchev–Trinajstić information content (AvgIpc) is 1.91. The van der Waals surface area contributed by atoms with Gasteiger partial charge in [0.05, 0.1) is 0 Å². The van der Waals surface area contributed by atoms with Crippen molar-refractivity contribution in [1.82, 2.24) is 0 Å². The minimum Gasteiger partial charge on any atom is -0.150 e. The van der Waals surface area contributed by atoms with Crippen molar-refractivity contribution in [3.63, 3.8) is 0 Å². The predicted molar refractivity (Wildman–Crippen MR) is 36.1 cm³/mol. The van der Waals surface area contributed by atoms with E-state index < -0.39 is 0 Å². The average molecular weight is 155 g/mol. The molecule has 0 aromatic carbocycles. The molecule has 0 bridgehead atoms. The summed E-state index contributed by atoms with van der Waals surface area (Å²) in [4.78, 5) is 0. The van der Waals surface area contributed by atoms with Crippen molar-refractivity contribution in [2.24, 2.45) is 0 Å². The quantitative estimate of drug-likeness (QED) is 0.517. The molecule has 0 aromatic heterocycles. The molecule has 0 spiro atoms. The topological polar surface area (TPSA) is 0 Å². The van der Waals surface area contributed by atoms with Crippen LogP contribution in [0.25, 0.3) is 0 Å². The Kier molecular flexibility index (Phi) is 1.90. The van der Waals surface area contributed by atoms with Crippen molar-refractivity contribution < 1.29 is 0 Å². The zero-order chi connectivity index (χ0) is 5.28. The molecule has 1 rings (SSSR count). The minimum atomic E-state index is 0.826. The second kappa shape index (κ2) is 2.29. The van der Waals surface area contributed by atoms with Gasteiger partial charge in [-0.2, -0.15) is 11.8 Å². The van der Waals surface area contributed by atoms with Gasteiger partial charge in [-0.1, -0.05) is 23.2 Å². The molecule has 3 heteroatoms. The molecule has 1 aliphatic rings. The first-order valence-corrected chi connectivity index (χ1v) is 3.82. The maximum atomic E-state index is 5.59. The predicted octanol–water partition coefficient (Wildman–Crippen LogP) is 2.42. The van der Waals surface area contributed by atoms with E-state index in [9.17, 15) is 0 Å². The summed E-state index contributed by atoms with van der Waals surface area (Å²) >= 11 is 12.9. The van der Waals surface area contributed by atoms with E-state index in [1.807, 2.05) is 0 Å². The van der Waals surface area contributed by atoms with Crippen molar-refractivity contribution in [1.29, 1.82) is 0 Å². The van der Waals surface area contributed by atoms with E-state index in [0.717, 1.165) is 21.6 Å². The Morgan fingerprint density at radius 3 is 1.71 bits per heavy atom. The SMILES string of the molecule is ClC1=C(Cl)CSC1. The smallest absolute Gasteiger partial charge is 0.0433 e. The van der Waals surface area contributed by atoms with Gasteiger partial charge in [0.1, 0.15) is 0 Å². The molecule has 0 unspecified atom stereocenters. The first kappa shape index (κ1) is 5.80. The van der Waals surface area contributed by atoms with Crippen molar-refractivity contribution >= 4 is 35.0 Å². The second-order valence-electron chi connectivity index (χ2n) is 1.30. The van der Waals surface area contributed by atoms with E-state index in [1.54, 1.807) is 11.8 Å². The summed E-state index contributed by atoms with van der Waals surface area (Å²) < 4.78 is 0. The summed E-state index contributed by atoms with van der Waals surface area (Å²) in [6, 6.07) is 0. The molecular formula is C4H4Cl2S. The highest BCUT2D eigenvalue weighted by Crippen LogP contribution is 2.29. The molecule has 0 N–H and O–H groups in total. The summed E-state index contributed by atoms with van der Waals surface area (Å²) in [5.41, 5.74) is 0. The number of hydrogen-bond acceptors (Lipinski definition) is 1. The van der Waals surface area contributed by atoms with E-state index in [1.165, 1.54) is 0 Å². The fraction of sp³-hybridized carbons (Fsp3) is 0.500. The van der Waals surface area contributed by atoms with Gasteiger partial charge in [0.2, 0.25) is 0 Å². The van der Waals surface area contributed by atoms with Crippen LogP contribution in [-0.2, 0) is 0 Å². The lowest BCUT2D eigenvalue weighted by atomic mass is 10.6. The lowest BCUT2D eigenvalue weighted by molar-refractivity contribution is 1.66. The Morgan fingerprint density at radius 2 is 1.57 bits per heavy atom. The van der Waals surface area contributed by atoms with Crippen LogP contribution in [0.3, 0.4) is 0 Å². The molecule has 0 amide bonds. The summed E-state index contributed by atoms with van der Waals surface area (Å²) in [6.07, 6.45) is 0. The number of thioether (sulfide) groups is 1.